The monoisotopic (exact) mass is 288 g/mol. The van der Waals surface area contributed by atoms with E-state index < -0.39 is 0 Å². The van der Waals surface area contributed by atoms with Gasteiger partial charge in [0.1, 0.15) is 11.5 Å². The fraction of sp³-hybridized carbons (Fsp3) is 0.688. The number of amides is 1. The molecule has 1 N–H and O–H groups in total. The highest BCUT2D eigenvalue weighted by atomic mass is 16.2. The maximum Gasteiger partial charge on any atom is 0.274 e. The van der Waals surface area contributed by atoms with Gasteiger partial charge in [-0.05, 0) is 38.0 Å². The largest absolute Gasteiger partial charge is 0.369 e. The van der Waals surface area contributed by atoms with Crippen LogP contribution in [-0.4, -0.2) is 40.4 Å². The molecule has 0 radical (unpaired) electrons. The number of carbonyl (C=O) groups is 1. The van der Waals surface area contributed by atoms with Crippen molar-refractivity contribution < 1.29 is 4.79 Å². The summed E-state index contributed by atoms with van der Waals surface area (Å²) in [5.41, 5.74) is 0.990. The molecule has 3 rings (SSSR count). The molecular weight excluding hydrogens is 264 g/mol. The van der Waals surface area contributed by atoms with Gasteiger partial charge >= 0.3 is 0 Å². The topological polar surface area (TPSA) is 58.1 Å². The maximum absolute atomic E-state index is 12.6. The van der Waals surface area contributed by atoms with E-state index in [-0.39, 0.29) is 5.91 Å². The van der Waals surface area contributed by atoms with Crippen molar-refractivity contribution in [3.8, 4) is 0 Å². The zero-order valence-corrected chi connectivity index (χ0v) is 12.8. The SMILES string of the molecule is CCNc1cncc(C(=O)N2CCC3(CCCC3)CC2)n1. The zero-order chi connectivity index (χ0) is 14.7. The average molecular weight is 288 g/mol. The first-order chi connectivity index (χ1) is 10.2. The molecule has 1 spiro atoms. The number of rotatable bonds is 3. The quantitative estimate of drug-likeness (QED) is 0.929. The minimum absolute atomic E-state index is 0.0232. The van der Waals surface area contributed by atoms with Gasteiger partial charge < -0.3 is 10.2 Å². The van der Waals surface area contributed by atoms with Gasteiger partial charge in [-0.15, -0.1) is 0 Å². The summed E-state index contributed by atoms with van der Waals surface area (Å²) in [7, 11) is 0. The summed E-state index contributed by atoms with van der Waals surface area (Å²) >= 11 is 0. The lowest BCUT2D eigenvalue weighted by Crippen LogP contribution is -2.42. The van der Waals surface area contributed by atoms with Crippen molar-refractivity contribution in [3.63, 3.8) is 0 Å². The van der Waals surface area contributed by atoms with Crippen molar-refractivity contribution in [2.75, 3.05) is 25.0 Å². The molecule has 0 atom stereocenters. The Bertz CT molecular complexity index is 501. The average Bonchev–Trinajstić information content (AvgIpc) is 2.96. The first-order valence-electron chi connectivity index (χ1n) is 8.08. The number of anilines is 1. The number of likely N-dealkylation sites (tertiary alicyclic amines) is 1. The molecule has 1 aliphatic heterocycles. The van der Waals surface area contributed by atoms with Crippen LogP contribution in [0, 0.1) is 5.41 Å². The molecule has 0 unspecified atom stereocenters. The van der Waals surface area contributed by atoms with Gasteiger partial charge in [0.15, 0.2) is 0 Å². The molecule has 2 aliphatic rings. The molecule has 0 aromatic carbocycles. The summed E-state index contributed by atoms with van der Waals surface area (Å²) in [6.07, 6.45) is 11.0. The molecule has 1 aliphatic carbocycles. The third-order valence-electron chi connectivity index (χ3n) is 4.99. The van der Waals surface area contributed by atoms with Crippen LogP contribution in [0.15, 0.2) is 12.4 Å². The van der Waals surface area contributed by atoms with Crippen molar-refractivity contribution in [2.24, 2.45) is 5.41 Å². The summed E-state index contributed by atoms with van der Waals surface area (Å²) in [5.74, 6) is 0.697. The van der Waals surface area contributed by atoms with Gasteiger partial charge in [0.2, 0.25) is 0 Å². The van der Waals surface area contributed by atoms with Gasteiger partial charge in [-0.1, -0.05) is 12.8 Å². The lowest BCUT2D eigenvalue weighted by molar-refractivity contribution is 0.0581. The molecule has 21 heavy (non-hydrogen) atoms. The van der Waals surface area contributed by atoms with Crippen LogP contribution in [0.2, 0.25) is 0 Å². The van der Waals surface area contributed by atoms with Gasteiger partial charge in [-0.25, -0.2) is 4.98 Å². The summed E-state index contributed by atoms with van der Waals surface area (Å²) in [5, 5.41) is 3.10. The second kappa shape index (κ2) is 6.00. The Morgan fingerprint density at radius 1 is 1.24 bits per heavy atom. The Morgan fingerprint density at radius 3 is 2.62 bits per heavy atom. The Hall–Kier alpha value is -1.65. The standard InChI is InChI=1S/C16H24N4O/c1-2-18-14-12-17-11-13(19-14)15(21)20-9-7-16(8-10-20)5-3-4-6-16/h11-12H,2-10H2,1H3,(H,18,19). The van der Waals surface area contributed by atoms with E-state index in [4.69, 9.17) is 0 Å². The number of piperidine rings is 1. The van der Waals surface area contributed by atoms with Gasteiger partial charge in [0.05, 0.1) is 12.4 Å². The van der Waals surface area contributed by atoms with E-state index in [1.807, 2.05) is 11.8 Å². The van der Waals surface area contributed by atoms with Crippen molar-refractivity contribution in [2.45, 2.75) is 45.4 Å². The van der Waals surface area contributed by atoms with Crippen LogP contribution in [-0.2, 0) is 0 Å². The van der Waals surface area contributed by atoms with Gasteiger partial charge in [-0.3, -0.25) is 9.78 Å². The van der Waals surface area contributed by atoms with Crippen LogP contribution < -0.4 is 5.32 Å². The lowest BCUT2D eigenvalue weighted by atomic mass is 9.77. The molecule has 114 valence electrons. The Kier molecular flexibility index (Phi) is 4.08. The Labute approximate surface area is 126 Å². The predicted octanol–water partition coefficient (Wildman–Crippen LogP) is 2.70. The fourth-order valence-corrected chi connectivity index (χ4v) is 3.71. The number of nitrogens with zero attached hydrogens (tertiary/aromatic N) is 3. The Balaban J connectivity index is 1.64. The third kappa shape index (κ3) is 3.01. The van der Waals surface area contributed by atoms with Crippen molar-refractivity contribution >= 4 is 11.7 Å². The number of aromatic nitrogens is 2. The summed E-state index contributed by atoms with van der Waals surface area (Å²) < 4.78 is 0. The van der Waals surface area contributed by atoms with Gasteiger partial charge in [0, 0.05) is 19.6 Å². The fourth-order valence-electron chi connectivity index (χ4n) is 3.71. The molecular formula is C16H24N4O. The smallest absolute Gasteiger partial charge is 0.274 e. The highest BCUT2D eigenvalue weighted by Gasteiger charge is 2.38. The van der Waals surface area contributed by atoms with Crippen LogP contribution in [0.1, 0.15) is 55.9 Å². The number of carbonyl (C=O) groups excluding carboxylic acids is 1. The highest BCUT2D eigenvalue weighted by molar-refractivity contribution is 5.92. The molecule has 1 saturated carbocycles. The van der Waals surface area contributed by atoms with Gasteiger partial charge in [0.25, 0.3) is 5.91 Å². The van der Waals surface area contributed by atoms with Crippen LogP contribution in [0.25, 0.3) is 0 Å². The van der Waals surface area contributed by atoms with Crippen molar-refractivity contribution in [1.82, 2.24) is 14.9 Å². The molecule has 1 aromatic rings. The number of hydrogen-bond donors (Lipinski definition) is 1. The minimum Gasteiger partial charge on any atom is -0.369 e. The van der Waals surface area contributed by atoms with E-state index in [2.05, 4.69) is 15.3 Å². The molecule has 1 amide bonds. The summed E-state index contributed by atoms with van der Waals surface area (Å²) in [6.45, 7) is 4.51. The number of nitrogens with one attached hydrogen (secondary N) is 1. The van der Waals surface area contributed by atoms with Crippen molar-refractivity contribution in [1.29, 1.82) is 0 Å². The third-order valence-corrected chi connectivity index (χ3v) is 4.99. The van der Waals surface area contributed by atoms with E-state index in [1.54, 1.807) is 12.4 Å². The molecule has 2 fully saturated rings. The van der Waals surface area contributed by atoms with E-state index in [0.29, 0.717) is 16.9 Å². The molecule has 5 heteroatoms. The van der Waals surface area contributed by atoms with Crippen LogP contribution in [0.3, 0.4) is 0 Å². The first-order valence-corrected chi connectivity index (χ1v) is 8.08. The van der Waals surface area contributed by atoms with Crippen LogP contribution in [0.5, 0.6) is 0 Å². The zero-order valence-electron chi connectivity index (χ0n) is 12.8. The summed E-state index contributed by atoms with van der Waals surface area (Å²) in [6, 6.07) is 0. The van der Waals surface area contributed by atoms with E-state index >= 15 is 0 Å². The first kappa shape index (κ1) is 14.3. The minimum atomic E-state index is 0.0232. The van der Waals surface area contributed by atoms with Crippen molar-refractivity contribution in [3.05, 3.63) is 18.1 Å². The molecule has 0 bridgehead atoms. The van der Waals surface area contributed by atoms with Crippen LogP contribution >= 0.6 is 0 Å². The van der Waals surface area contributed by atoms with E-state index in [1.165, 1.54) is 25.7 Å². The number of hydrogen-bond acceptors (Lipinski definition) is 4. The Morgan fingerprint density at radius 2 is 1.95 bits per heavy atom. The second-order valence-electron chi connectivity index (χ2n) is 6.32. The summed E-state index contributed by atoms with van der Waals surface area (Å²) in [4.78, 5) is 23.0. The normalized spacial score (nSPS) is 20.7. The molecule has 5 nitrogen and oxygen atoms in total. The van der Waals surface area contributed by atoms with E-state index in [0.717, 1.165) is 32.5 Å². The maximum atomic E-state index is 12.6. The van der Waals surface area contributed by atoms with Gasteiger partial charge in [-0.2, -0.15) is 0 Å². The molecule has 1 aromatic heterocycles. The molecule has 1 saturated heterocycles. The lowest BCUT2D eigenvalue weighted by Gasteiger charge is -2.39. The van der Waals surface area contributed by atoms with Crippen LogP contribution in [0.4, 0.5) is 5.82 Å². The molecule has 2 heterocycles. The van der Waals surface area contributed by atoms with E-state index in [9.17, 15) is 4.79 Å². The second-order valence-corrected chi connectivity index (χ2v) is 6.32. The predicted molar refractivity (Wildman–Crippen MR) is 82.2 cm³/mol. The highest BCUT2D eigenvalue weighted by Crippen LogP contribution is 2.46.